The van der Waals surface area contributed by atoms with Gasteiger partial charge in [0.2, 0.25) is 5.91 Å². The Kier molecular flexibility index (Phi) is 6.34. The lowest BCUT2D eigenvalue weighted by Crippen LogP contribution is -2.28. The maximum Gasteiger partial charge on any atom is 0.227 e. The van der Waals surface area contributed by atoms with E-state index in [0.29, 0.717) is 25.4 Å². The first-order valence-electron chi connectivity index (χ1n) is 5.73. The number of nitrogens with zero attached hydrogens (tertiary/aromatic N) is 2. The highest BCUT2D eigenvalue weighted by Crippen LogP contribution is 2.06. The van der Waals surface area contributed by atoms with Crippen LogP contribution < -0.4 is 11.1 Å². The van der Waals surface area contributed by atoms with Gasteiger partial charge in [0.15, 0.2) is 0 Å². The molecular formula is C11H20N4O3. The van der Waals surface area contributed by atoms with Crippen LogP contribution in [0, 0.1) is 0 Å². The van der Waals surface area contributed by atoms with Crippen molar-refractivity contribution in [3.05, 3.63) is 12.4 Å². The average Bonchev–Trinajstić information content (AvgIpc) is 2.81. The number of hydrogen-bond donors (Lipinski definition) is 2. The SMILES string of the molecule is COCCn1cc(NC(=O)CC(CN)OC)cn1. The molecule has 7 nitrogen and oxygen atoms in total. The molecule has 1 amide bonds. The van der Waals surface area contributed by atoms with Gasteiger partial charge in [-0.25, -0.2) is 0 Å². The Morgan fingerprint density at radius 3 is 3.00 bits per heavy atom. The summed E-state index contributed by atoms with van der Waals surface area (Å²) in [7, 11) is 3.16. The normalized spacial score (nSPS) is 12.4. The summed E-state index contributed by atoms with van der Waals surface area (Å²) in [5.41, 5.74) is 6.10. The number of hydrogen-bond acceptors (Lipinski definition) is 5. The molecule has 102 valence electrons. The Hall–Kier alpha value is -1.44. The van der Waals surface area contributed by atoms with E-state index in [1.807, 2.05) is 0 Å². The van der Waals surface area contributed by atoms with Gasteiger partial charge in [0.25, 0.3) is 0 Å². The molecule has 18 heavy (non-hydrogen) atoms. The Balaban J connectivity index is 2.41. The number of nitrogens with two attached hydrogens (primary N) is 1. The number of anilines is 1. The van der Waals surface area contributed by atoms with Crippen LogP contribution in [0.1, 0.15) is 6.42 Å². The van der Waals surface area contributed by atoms with E-state index in [0.717, 1.165) is 0 Å². The number of aromatic nitrogens is 2. The van der Waals surface area contributed by atoms with E-state index in [1.54, 1.807) is 24.2 Å². The molecule has 0 saturated heterocycles. The van der Waals surface area contributed by atoms with Crippen LogP contribution in [-0.4, -0.2) is 49.2 Å². The molecule has 1 aromatic heterocycles. The average molecular weight is 256 g/mol. The number of carbonyl (C=O) groups is 1. The Morgan fingerprint density at radius 2 is 2.39 bits per heavy atom. The maximum atomic E-state index is 11.7. The van der Waals surface area contributed by atoms with E-state index < -0.39 is 0 Å². The predicted octanol–water partition coefficient (Wildman–Crippen LogP) is -0.168. The number of ether oxygens (including phenoxy) is 2. The van der Waals surface area contributed by atoms with Crippen LogP contribution in [0.15, 0.2) is 12.4 Å². The molecule has 7 heteroatoms. The molecule has 1 rings (SSSR count). The highest BCUT2D eigenvalue weighted by atomic mass is 16.5. The first-order valence-corrected chi connectivity index (χ1v) is 5.73. The van der Waals surface area contributed by atoms with Gasteiger partial charge in [0.05, 0.1) is 37.6 Å². The van der Waals surface area contributed by atoms with Crippen LogP contribution in [0.3, 0.4) is 0 Å². The monoisotopic (exact) mass is 256 g/mol. The van der Waals surface area contributed by atoms with Crippen molar-refractivity contribution >= 4 is 11.6 Å². The van der Waals surface area contributed by atoms with Crippen LogP contribution in [0.25, 0.3) is 0 Å². The minimum absolute atomic E-state index is 0.140. The van der Waals surface area contributed by atoms with Gasteiger partial charge in [-0.05, 0) is 0 Å². The van der Waals surface area contributed by atoms with Gasteiger partial charge in [0, 0.05) is 27.0 Å². The molecule has 0 fully saturated rings. The van der Waals surface area contributed by atoms with Crippen molar-refractivity contribution in [1.29, 1.82) is 0 Å². The molecule has 1 unspecified atom stereocenters. The fourth-order valence-electron chi connectivity index (χ4n) is 1.42. The summed E-state index contributed by atoms with van der Waals surface area (Å²) < 4.78 is 11.7. The summed E-state index contributed by atoms with van der Waals surface area (Å²) in [4.78, 5) is 11.7. The van der Waals surface area contributed by atoms with E-state index in [9.17, 15) is 4.79 Å². The number of amides is 1. The van der Waals surface area contributed by atoms with E-state index in [-0.39, 0.29) is 18.4 Å². The lowest BCUT2D eigenvalue weighted by Gasteiger charge is -2.11. The lowest BCUT2D eigenvalue weighted by molar-refractivity contribution is -0.118. The molecule has 0 radical (unpaired) electrons. The third-order valence-electron chi connectivity index (χ3n) is 2.45. The summed E-state index contributed by atoms with van der Waals surface area (Å²) in [6, 6.07) is 0. The number of carbonyl (C=O) groups excluding carboxylic acids is 1. The topological polar surface area (TPSA) is 91.4 Å². The smallest absolute Gasteiger partial charge is 0.227 e. The van der Waals surface area contributed by atoms with Gasteiger partial charge in [-0.2, -0.15) is 5.10 Å². The second kappa shape index (κ2) is 7.80. The number of nitrogens with one attached hydrogen (secondary N) is 1. The fourth-order valence-corrected chi connectivity index (χ4v) is 1.42. The zero-order chi connectivity index (χ0) is 13.4. The quantitative estimate of drug-likeness (QED) is 0.674. The second-order valence-corrected chi connectivity index (χ2v) is 3.83. The van der Waals surface area contributed by atoms with Crippen molar-refractivity contribution in [3.63, 3.8) is 0 Å². The fraction of sp³-hybridized carbons (Fsp3) is 0.636. The summed E-state index contributed by atoms with van der Waals surface area (Å²) >= 11 is 0. The van der Waals surface area contributed by atoms with Gasteiger partial charge in [-0.15, -0.1) is 0 Å². The van der Waals surface area contributed by atoms with E-state index >= 15 is 0 Å². The van der Waals surface area contributed by atoms with E-state index in [1.165, 1.54) is 7.11 Å². The highest BCUT2D eigenvalue weighted by Gasteiger charge is 2.12. The molecule has 0 aliphatic heterocycles. The van der Waals surface area contributed by atoms with E-state index in [2.05, 4.69) is 10.4 Å². The summed E-state index contributed by atoms with van der Waals surface area (Å²) in [5, 5.41) is 6.83. The molecule has 3 N–H and O–H groups in total. The summed E-state index contributed by atoms with van der Waals surface area (Å²) in [6.45, 7) is 1.54. The summed E-state index contributed by atoms with van der Waals surface area (Å²) in [5.74, 6) is -0.140. The Labute approximate surface area is 106 Å². The first kappa shape index (κ1) is 14.6. The van der Waals surface area contributed by atoms with Gasteiger partial charge < -0.3 is 20.5 Å². The molecular weight excluding hydrogens is 236 g/mol. The van der Waals surface area contributed by atoms with Crippen LogP contribution in [-0.2, 0) is 20.8 Å². The number of rotatable bonds is 8. The van der Waals surface area contributed by atoms with Crippen molar-refractivity contribution in [1.82, 2.24) is 9.78 Å². The zero-order valence-corrected chi connectivity index (χ0v) is 10.8. The minimum atomic E-state index is -0.256. The minimum Gasteiger partial charge on any atom is -0.383 e. The van der Waals surface area contributed by atoms with Crippen molar-refractivity contribution in [3.8, 4) is 0 Å². The molecule has 1 heterocycles. The molecule has 0 aromatic carbocycles. The van der Waals surface area contributed by atoms with Gasteiger partial charge in [-0.3, -0.25) is 9.48 Å². The number of methoxy groups -OCH3 is 2. The molecule has 0 saturated carbocycles. The van der Waals surface area contributed by atoms with Gasteiger partial charge >= 0.3 is 0 Å². The molecule has 0 bridgehead atoms. The standard InChI is InChI=1S/C11H20N4O3/c1-17-4-3-15-8-9(7-13-15)14-11(16)5-10(6-12)18-2/h7-8,10H,3-6,12H2,1-2H3,(H,14,16). The predicted molar refractivity (Wildman–Crippen MR) is 67.2 cm³/mol. The van der Waals surface area contributed by atoms with Crippen LogP contribution in [0.5, 0.6) is 0 Å². The Morgan fingerprint density at radius 1 is 1.61 bits per heavy atom. The third-order valence-corrected chi connectivity index (χ3v) is 2.45. The maximum absolute atomic E-state index is 11.7. The summed E-state index contributed by atoms with van der Waals surface area (Å²) in [6.07, 6.45) is 3.32. The third kappa shape index (κ3) is 4.82. The van der Waals surface area contributed by atoms with Gasteiger partial charge in [0.1, 0.15) is 0 Å². The van der Waals surface area contributed by atoms with Crippen LogP contribution in [0.4, 0.5) is 5.69 Å². The van der Waals surface area contributed by atoms with Crippen molar-refractivity contribution in [2.45, 2.75) is 19.1 Å². The van der Waals surface area contributed by atoms with E-state index in [4.69, 9.17) is 15.2 Å². The second-order valence-electron chi connectivity index (χ2n) is 3.83. The van der Waals surface area contributed by atoms with Crippen molar-refractivity contribution < 1.29 is 14.3 Å². The molecule has 1 atom stereocenters. The molecule has 1 aromatic rings. The van der Waals surface area contributed by atoms with Gasteiger partial charge in [-0.1, -0.05) is 0 Å². The molecule has 0 spiro atoms. The first-order chi connectivity index (χ1) is 8.69. The zero-order valence-electron chi connectivity index (χ0n) is 10.8. The Bertz CT molecular complexity index is 363. The highest BCUT2D eigenvalue weighted by molar-refractivity contribution is 5.90. The van der Waals surface area contributed by atoms with Crippen molar-refractivity contribution in [2.75, 3.05) is 32.7 Å². The molecule has 0 aliphatic rings. The van der Waals surface area contributed by atoms with Crippen LogP contribution in [0.2, 0.25) is 0 Å². The molecule has 0 aliphatic carbocycles. The lowest BCUT2D eigenvalue weighted by atomic mass is 10.2. The van der Waals surface area contributed by atoms with Crippen LogP contribution >= 0.6 is 0 Å². The van der Waals surface area contributed by atoms with Crippen molar-refractivity contribution in [2.24, 2.45) is 5.73 Å². The largest absolute Gasteiger partial charge is 0.383 e.